The smallest absolute Gasteiger partial charge is 0.168 e. The maximum Gasteiger partial charge on any atom is 0.168 e. The Hall–Kier alpha value is -3.64. The number of likely N-dealkylation sites (tertiary alicyclic amines) is 1. The fraction of sp³-hybridized carbons (Fsp3) is 0.286. The molecule has 6 heteroatoms. The van der Waals surface area contributed by atoms with Crippen LogP contribution in [0.5, 0.6) is 0 Å². The van der Waals surface area contributed by atoms with Crippen LogP contribution in [-0.4, -0.2) is 51.8 Å². The highest BCUT2D eigenvalue weighted by molar-refractivity contribution is 5.98. The van der Waals surface area contributed by atoms with Crippen LogP contribution < -0.4 is 5.32 Å². The van der Waals surface area contributed by atoms with Crippen LogP contribution in [-0.2, 0) is 6.42 Å². The predicted octanol–water partition coefficient (Wildman–Crippen LogP) is 4.93. The van der Waals surface area contributed by atoms with Gasteiger partial charge in [0.15, 0.2) is 5.78 Å². The number of piperidine rings is 1. The van der Waals surface area contributed by atoms with E-state index in [2.05, 4.69) is 33.3 Å². The molecule has 1 fully saturated rings. The molecule has 0 amide bonds. The molecule has 34 heavy (non-hydrogen) atoms. The highest BCUT2D eigenvalue weighted by Crippen LogP contribution is 2.25. The minimum Gasteiger partial charge on any atom is -0.366 e. The third kappa shape index (κ3) is 5.13. The van der Waals surface area contributed by atoms with Crippen molar-refractivity contribution >= 4 is 22.4 Å². The summed E-state index contributed by atoms with van der Waals surface area (Å²) >= 11 is 0. The van der Waals surface area contributed by atoms with Gasteiger partial charge in [-0.15, -0.1) is 0 Å². The number of ketones is 1. The Morgan fingerprint density at radius 1 is 1.00 bits per heavy atom. The molecule has 3 heterocycles. The van der Waals surface area contributed by atoms with E-state index in [4.69, 9.17) is 4.98 Å². The summed E-state index contributed by atoms with van der Waals surface area (Å²) in [5.41, 5.74) is 4.44. The number of pyridine rings is 1. The van der Waals surface area contributed by atoms with Crippen LogP contribution in [0, 0.1) is 6.92 Å². The first-order chi connectivity index (χ1) is 16.5. The van der Waals surface area contributed by atoms with Crippen molar-refractivity contribution in [3.05, 3.63) is 83.9 Å². The van der Waals surface area contributed by atoms with Gasteiger partial charge in [-0.25, -0.2) is 4.98 Å². The van der Waals surface area contributed by atoms with Gasteiger partial charge in [0.1, 0.15) is 5.82 Å². The van der Waals surface area contributed by atoms with Crippen LogP contribution in [0.3, 0.4) is 0 Å². The standard InChI is InChI=1S/C28H29N5O/c1-19-3-5-20(6-4-19)27(34)15-25-14-23-13-21(7-8-22(23)16-30-25)26-17-29-18-28(32-26)31-24-9-11-33(2)12-10-24/h3-8,13-14,16-18,24H,9-12,15H2,1-2H3,(H,31,32). The number of anilines is 1. The number of fused-ring (bicyclic) bond motifs is 1. The molecule has 0 bridgehead atoms. The number of carbonyl (C=O) groups excluding carboxylic acids is 1. The van der Waals surface area contributed by atoms with Crippen LogP contribution in [0.2, 0.25) is 0 Å². The van der Waals surface area contributed by atoms with Crippen LogP contribution in [0.15, 0.2) is 67.1 Å². The van der Waals surface area contributed by atoms with Gasteiger partial charge in [0.2, 0.25) is 0 Å². The molecule has 6 nitrogen and oxygen atoms in total. The Morgan fingerprint density at radius 2 is 1.79 bits per heavy atom. The van der Waals surface area contributed by atoms with Gasteiger partial charge >= 0.3 is 0 Å². The first-order valence-electron chi connectivity index (χ1n) is 11.8. The minimum absolute atomic E-state index is 0.0709. The zero-order valence-corrected chi connectivity index (χ0v) is 19.7. The molecule has 0 spiro atoms. The number of carbonyl (C=O) groups is 1. The molecule has 0 unspecified atom stereocenters. The van der Waals surface area contributed by atoms with Crippen molar-refractivity contribution < 1.29 is 4.79 Å². The van der Waals surface area contributed by atoms with Crippen LogP contribution >= 0.6 is 0 Å². The normalized spacial score (nSPS) is 14.9. The molecule has 2 aromatic heterocycles. The van der Waals surface area contributed by atoms with Gasteiger partial charge in [-0.2, -0.15) is 0 Å². The van der Waals surface area contributed by atoms with Gasteiger partial charge in [-0.3, -0.25) is 14.8 Å². The predicted molar refractivity (Wildman–Crippen MR) is 136 cm³/mol. The van der Waals surface area contributed by atoms with E-state index in [0.717, 1.165) is 65.0 Å². The lowest BCUT2D eigenvalue weighted by molar-refractivity contribution is 0.0992. The zero-order valence-electron chi connectivity index (χ0n) is 19.7. The van der Waals surface area contributed by atoms with Crippen molar-refractivity contribution in [2.45, 2.75) is 32.2 Å². The second-order valence-corrected chi connectivity index (χ2v) is 9.21. The van der Waals surface area contributed by atoms with Crippen molar-refractivity contribution in [3.63, 3.8) is 0 Å². The molecular formula is C28H29N5O. The number of hydrogen-bond donors (Lipinski definition) is 1. The first-order valence-corrected chi connectivity index (χ1v) is 11.8. The second kappa shape index (κ2) is 9.69. The number of rotatable bonds is 6. The molecule has 2 aromatic carbocycles. The fourth-order valence-electron chi connectivity index (χ4n) is 4.39. The van der Waals surface area contributed by atoms with E-state index in [-0.39, 0.29) is 12.2 Å². The Morgan fingerprint density at radius 3 is 2.59 bits per heavy atom. The van der Waals surface area contributed by atoms with E-state index in [1.807, 2.05) is 55.6 Å². The summed E-state index contributed by atoms with van der Waals surface area (Å²) in [6.07, 6.45) is 7.91. The summed E-state index contributed by atoms with van der Waals surface area (Å²) < 4.78 is 0. The first kappa shape index (κ1) is 22.2. The van der Waals surface area contributed by atoms with Crippen molar-refractivity contribution in [2.24, 2.45) is 0 Å². The van der Waals surface area contributed by atoms with Gasteiger partial charge in [0, 0.05) is 34.4 Å². The highest BCUT2D eigenvalue weighted by Gasteiger charge is 2.17. The van der Waals surface area contributed by atoms with Crippen molar-refractivity contribution in [1.29, 1.82) is 0 Å². The minimum atomic E-state index is 0.0709. The SMILES string of the molecule is Cc1ccc(C(=O)Cc2cc3cc(-c4cncc(NC5CCN(C)CC5)n4)ccc3cn2)cc1. The fourth-order valence-corrected chi connectivity index (χ4v) is 4.39. The monoisotopic (exact) mass is 451 g/mol. The largest absolute Gasteiger partial charge is 0.366 e. The quantitative estimate of drug-likeness (QED) is 0.419. The number of nitrogens with zero attached hydrogens (tertiary/aromatic N) is 4. The van der Waals surface area contributed by atoms with Crippen LogP contribution in [0.1, 0.15) is 34.5 Å². The van der Waals surface area contributed by atoms with E-state index in [1.54, 1.807) is 12.4 Å². The maximum atomic E-state index is 12.7. The van der Waals surface area contributed by atoms with E-state index in [1.165, 1.54) is 0 Å². The maximum absolute atomic E-state index is 12.7. The summed E-state index contributed by atoms with van der Waals surface area (Å²) in [6, 6.07) is 16.3. The molecule has 172 valence electrons. The average Bonchev–Trinajstić information content (AvgIpc) is 2.85. The lowest BCUT2D eigenvalue weighted by Crippen LogP contribution is -2.36. The Balaban J connectivity index is 1.35. The second-order valence-electron chi connectivity index (χ2n) is 9.21. The summed E-state index contributed by atoms with van der Waals surface area (Å²) in [5.74, 6) is 0.882. The molecule has 1 N–H and O–H groups in total. The Kier molecular flexibility index (Phi) is 6.32. The molecule has 0 aliphatic carbocycles. The van der Waals surface area contributed by atoms with Gasteiger partial charge < -0.3 is 10.2 Å². The van der Waals surface area contributed by atoms with E-state index < -0.39 is 0 Å². The molecule has 0 radical (unpaired) electrons. The van der Waals surface area contributed by atoms with E-state index in [9.17, 15) is 4.79 Å². The van der Waals surface area contributed by atoms with Gasteiger partial charge in [0.05, 0.1) is 24.5 Å². The number of aryl methyl sites for hydroxylation is 1. The highest BCUT2D eigenvalue weighted by atomic mass is 16.1. The number of benzene rings is 2. The summed E-state index contributed by atoms with van der Waals surface area (Å²) in [4.78, 5) is 28.8. The number of nitrogens with one attached hydrogen (secondary N) is 1. The summed E-state index contributed by atoms with van der Waals surface area (Å²) in [6.45, 7) is 4.21. The molecule has 4 aromatic rings. The molecule has 1 aliphatic rings. The molecule has 1 aliphatic heterocycles. The van der Waals surface area contributed by atoms with Gasteiger partial charge in [0.25, 0.3) is 0 Å². The van der Waals surface area contributed by atoms with Gasteiger partial charge in [-0.05, 0) is 57.4 Å². The van der Waals surface area contributed by atoms with Crippen molar-refractivity contribution in [3.8, 4) is 11.3 Å². The van der Waals surface area contributed by atoms with Gasteiger partial charge in [-0.1, -0.05) is 42.0 Å². The number of Topliss-reactive ketones (excluding diaryl/α,β-unsaturated/α-hetero) is 1. The van der Waals surface area contributed by atoms with Crippen molar-refractivity contribution in [1.82, 2.24) is 19.9 Å². The lowest BCUT2D eigenvalue weighted by atomic mass is 10.0. The molecule has 5 rings (SSSR count). The number of hydrogen-bond acceptors (Lipinski definition) is 6. The zero-order chi connectivity index (χ0) is 23.5. The van der Waals surface area contributed by atoms with Crippen molar-refractivity contribution in [2.75, 3.05) is 25.5 Å². The van der Waals surface area contributed by atoms with Crippen LogP contribution in [0.4, 0.5) is 5.82 Å². The third-order valence-electron chi connectivity index (χ3n) is 6.49. The van der Waals surface area contributed by atoms with E-state index >= 15 is 0 Å². The summed E-state index contributed by atoms with van der Waals surface area (Å²) in [7, 11) is 2.16. The third-order valence-corrected chi connectivity index (χ3v) is 6.49. The summed E-state index contributed by atoms with van der Waals surface area (Å²) in [5, 5.41) is 5.62. The molecule has 1 saturated heterocycles. The molecule has 0 saturated carbocycles. The van der Waals surface area contributed by atoms with E-state index in [0.29, 0.717) is 11.6 Å². The molecular weight excluding hydrogens is 422 g/mol. The lowest BCUT2D eigenvalue weighted by Gasteiger charge is -2.29. The topological polar surface area (TPSA) is 71.0 Å². The Bertz CT molecular complexity index is 1310. The number of aromatic nitrogens is 3. The van der Waals surface area contributed by atoms with Crippen LogP contribution in [0.25, 0.3) is 22.0 Å². The average molecular weight is 452 g/mol. The Labute approximate surface area is 200 Å². The molecule has 0 atom stereocenters.